The fraction of sp³-hybridized carbons (Fsp3) is 0.385. The van der Waals surface area contributed by atoms with Gasteiger partial charge in [0.1, 0.15) is 12.4 Å². The molecule has 0 heterocycles. The first kappa shape index (κ1) is 29.0. The molecule has 0 radical (unpaired) electrons. The first-order valence-electron chi connectivity index (χ1n) is 11.9. The lowest BCUT2D eigenvalue weighted by molar-refractivity contribution is -0.711. The number of para-hydroxylation sites is 1. The molecule has 0 aliphatic heterocycles. The summed E-state index contributed by atoms with van der Waals surface area (Å²) in [5.74, 6) is 0.103. The summed E-state index contributed by atoms with van der Waals surface area (Å²) in [6.45, 7) is 10.4. The molecule has 0 fully saturated rings. The molecule has 1 N–H and O–H groups in total. The highest BCUT2D eigenvalue weighted by Gasteiger charge is 2.32. The molecule has 1 atom stereocenters. The number of aliphatic hydroxyl groups excluding tert-OH is 1. The van der Waals surface area contributed by atoms with E-state index < -0.39 is 10.1 Å². The summed E-state index contributed by atoms with van der Waals surface area (Å²) in [5.41, 5.74) is 5.56. The van der Waals surface area contributed by atoms with Gasteiger partial charge in [-0.2, -0.15) is 0 Å². The first-order chi connectivity index (χ1) is 17.5. The Bertz CT molecular complexity index is 1170. The average Bonchev–Trinajstić information content (AvgIpc) is 2.81. The SMILES string of the molecule is CCO/N=C(\CC)C1=C(O)CC(c2c(C)cc(C)cc2C)CC1=O.O=[N+]([O-])N(c1ccccc1)[N+](=O)[O-]. The monoisotopic (exact) mass is 512 g/mol. The van der Waals surface area contributed by atoms with E-state index in [4.69, 9.17) is 4.84 Å². The molecule has 0 spiro atoms. The summed E-state index contributed by atoms with van der Waals surface area (Å²) in [6.07, 6.45) is 1.42. The zero-order valence-corrected chi connectivity index (χ0v) is 21.6. The molecule has 0 bridgehead atoms. The number of aliphatic hydroxyl groups is 1. The van der Waals surface area contributed by atoms with Crippen LogP contribution in [-0.4, -0.2) is 33.3 Å². The van der Waals surface area contributed by atoms with Crippen LogP contribution in [0.15, 0.2) is 59.0 Å². The highest BCUT2D eigenvalue weighted by molar-refractivity contribution is 6.23. The van der Waals surface area contributed by atoms with Crippen molar-refractivity contribution in [2.75, 3.05) is 11.7 Å². The molecular weight excluding hydrogens is 480 g/mol. The van der Waals surface area contributed by atoms with Gasteiger partial charge in [0.05, 0.1) is 11.3 Å². The average molecular weight is 513 g/mol. The highest BCUT2D eigenvalue weighted by Crippen LogP contribution is 2.37. The predicted molar refractivity (Wildman–Crippen MR) is 140 cm³/mol. The van der Waals surface area contributed by atoms with E-state index in [2.05, 4.69) is 38.1 Å². The first-order valence-corrected chi connectivity index (χ1v) is 11.9. The van der Waals surface area contributed by atoms with Crippen molar-refractivity contribution in [3.05, 3.63) is 96.3 Å². The van der Waals surface area contributed by atoms with Gasteiger partial charge in [0.25, 0.3) is 0 Å². The summed E-state index contributed by atoms with van der Waals surface area (Å²) >= 11 is 0. The number of anilines is 1. The minimum atomic E-state index is -1.09. The second-order valence-electron chi connectivity index (χ2n) is 8.57. The van der Waals surface area contributed by atoms with Gasteiger partial charge in [-0.05, 0) is 68.9 Å². The van der Waals surface area contributed by atoms with E-state index in [0.717, 1.165) is 0 Å². The molecule has 0 amide bonds. The number of nitrogens with zero attached hydrogens (tertiary/aromatic N) is 4. The lowest BCUT2D eigenvalue weighted by atomic mass is 9.78. The van der Waals surface area contributed by atoms with Crippen molar-refractivity contribution in [2.24, 2.45) is 5.16 Å². The van der Waals surface area contributed by atoms with E-state index in [1.807, 2.05) is 13.8 Å². The van der Waals surface area contributed by atoms with Gasteiger partial charge in [-0.15, -0.1) is 0 Å². The van der Waals surface area contributed by atoms with Crippen molar-refractivity contribution in [3.63, 3.8) is 0 Å². The van der Waals surface area contributed by atoms with Crippen LogP contribution in [0.25, 0.3) is 0 Å². The zero-order valence-electron chi connectivity index (χ0n) is 21.6. The molecular formula is C26H32N4O7. The van der Waals surface area contributed by atoms with Crippen LogP contribution in [0.1, 0.15) is 61.3 Å². The second-order valence-corrected chi connectivity index (χ2v) is 8.57. The van der Waals surface area contributed by atoms with Crippen LogP contribution in [0, 0.1) is 41.0 Å². The predicted octanol–water partition coefficient (Wildman–Crippen LogP) is 5.55. The third-order valence-electron chi connectivity index (χ3n) is 5.81. The van der Waals surface area contributed by atoms with Crippen molar-refractivity contribution in [1.82, 2.24) is 0 Å². The Labute approximate surface area is 215 Å². The molecule has 37 heavy (non-hydrogen) atoms. The standard InChI is InChI=1S/C20H27NO3.C6H5N3O4/c1-6-16(21-24-7-2)20-17(22)10-15(11-18(20)23)19-13(4)8-12(3)9-14(19)5;10-8(11)7(9(12)13)6-4-2-1-3-5-6/h8-9,15,22H,6-7,10-11H2,1-5H3;1-5H/b21-16+;. The fourth-order valence-corrected chi connectivity index (χ4v) is 4.50. The zero-order chi connectivity index (χ0) is 27.7. The number of aryl methyl sites for hydroxylation is 3. The summed E-state index contributed by atoms with van der Waals surface area (Å²) in [6, 6.07) is 11.4. The van der Waals surface area contributed by atoms with Gasteiger partial charge < -0.3 is 9.94 Å². The van der Waals surface area contributed by atoms with Crippen molar-refractivity contribution >= 4 is 17.2 Å². The Kier molecular flexibility index (Phi) is 10.3. The van der Waals surface area contributed by atoms with E-state index in [9.17, 15) is 30.1 Å². The molecule has 2 aromatic carbocycles. The van der Waals surface area contributed by atoms with Gasteiger partial charge in [-0.25, -0.2) is 20.2 Å². The topological polar surface area (TPSA) is 148 Å². The van der Waals surface area contributed by atoms with E-state index >= 15 is 0 Å². The molecule has 3 rings (SSSR count). The number of ketones is 1. The summed E-state index contributed by atoms with van der Waals surface area (Å²) in [4.78, 5) is 38.2. The third kappa shape index (κ3) is 7.35. The van der Waals surface area contributed by atoms with Gasteiger partial charge in [0.2, 0.25) is 10.1 Å². The van der Waals surface area contributed by atoms with Gasteiger partial charge in [-0.1, -0.05) is 48.0 Å². The van der Waals surface area contributed by atoms with Crippen LogP contribution >= 0.6 is 0 Å². The number of rotatable bonds is 8. The van der Waals surface area contributed by atoms with E-state index in [1.54, 1.807) is 6.07 Å². The molecule has 1 unspecified atom stereocenters. The Hall–Kier alpha value is -4.28. The van der Waals surface area contributed by atoms with Gasteiger partial charge in [-0.3, -0.25) is 4.79 Å². The molecule has 0 saturated heterocycles. The van der Waals surface area contributed by atoms with Crippen LogP contribution in [0.5, 0.6) is 0 Å². The maximum absolute atomic E-state index is 12.7. The number of oxime groups is 1. The van der Waals surface area contributed by atoms with Crippen LogP contribution in [0.2, 0.25) is 0 Å². The molecule has 11 nitrogen and oxygen atoms in total. The van der Waals surface area contributed by atoms with E-state index in [-0.39, 0.29) is 28.3 Å². The smallest absolute Gasteiger partial charge is 0.228 e. The Morgan fingerprint density at radius 3 is 2.08 bits per heavy atom. The second kappa shape index (κ2) is 13.1. The molecule has 11 heteroatoms. The van der Waals surface area contributed by atoms with Crippen molar-refractivity contribution in [2.45, 2.75) is 59.8 Å². The lowest BCUT2D eigenvalue weighted by Crippen LogP contribution is -2.35. The highest BCUT2D eigenvalue weighted by atomic mass is 16.8. The number of allylic oxidation sites excluding steroid dienone is 2. The van der Waals surface area contributed by atoms with Crippen LogP contribution < -0.4 is 5.12 Å². The lowest BCUT2D eigenvalue weighted by Gasteiger charge is -2.27. The van der Waals surface area contributed by atoms with Gasteiger partial charge >= 0.3 is 0 Å². The number of Topliss-reactive ketones (excluding diaryl/α,β-unsaturated/α-hetero) is 1. The molecule has 1 aliphatic rings. The van der Waals surface area contributed by atoms with Crippen LogP contribution in [0.4, 0.5) is 5.69 Å². The number of hydrazine groups is 2. The summed E-state index contributed by atoms with van der Waals surface area (Å²) in [5, 5.41) is 32.7. The fourth-order valence-electron chi connectivity index (χ4n) is 4.50. The third-order valence-corrected chi connectivity index (χ3v) is 5.81. The van der Waals surface area contributed by atoms with Crippen molar-refractivity contribution in [1.29, 1.82) is 0 Å². The number of nitro groups is 2. The summed E-state index contributed by atoms with van der Waals surface area (Å²) in [7, 11) is 0. The van der Waals surface area contributed by atoms with E-state index in [0.29, 0.717) is 37.2 Å². The molecule has 1 aliphatic carbocycles. The number of carbonyl (C=O) groups excluding carboxylic acids is 1. The van der Waals surface area contributed by atoms with Crippen molar-refractivity contribution < 1.29 is 24.8 Å². The largest absolute Gasteiger partial charge is 0.511 e. The molecule has 0 aromatic heterocycles. The normalized spacial score (nSPS) is 15.5. The number of hydrogen-bond donors (Lipinski definition) is 1. The Morgan fingerprint density at radius 1 is 1.05 bits per heavy atom. The quantitative estimate of drug-likeness (QED) is 0.275. The van der Waals surface area contributed by atoms with Gasteiger partial charge in [0, 0.05) is 12.8 Å². The minimum Gasteiger partial charge on any atom is -0.511 e. The maximum Gasteiger partial charge on any atom is 0.228 e. The molecule has 2 aromatic rings. The number of carbonyl (C=O) groups is 1. The van der Waals surface area contributed by atoms with Crippen molar-refractivity contribution in [3.8, 4) is 0 Å². The number of hydrogen-bond acceptors (Lipinski definition) is 8. The Balaban J connectivity index is 0.000000312. The van der Waals surface area contributed by atoms with Crippen LogP contribution in [-0.2, 0) is 9.63 Å². The van der Waals surface area contributed by atoms with Gasteiger partial charge in [0.15, 0.2) is 16.6 Å². The summed E-state index contributed by atoms with van der Waals surface area (Å²) < 4.78 is 0. The molecule has 198 valence electrons. The number of benzene rings is 2. The Morgan fingerprint density at radius 2 is 1.62 bits per heavy atom. The van der Waals surface area contributed by atoms with Crippen LogP contribution in [0.3, 0.4) is 0 Å². The maximum atomic E-state index is 12.7. The van der Waals surface area contributed by atoms with E-state index in [1.165, 1.54) is 46.5 Å². The minimum absolute atomic E-state index is 0.0204. The molecule has 0 saturated carbocycles.